The van der Waals surface area contributed by atoms with Crippen LogP contribution < -0.4 is 15.4 Å². The van der Waals surface area contributed by atoms with Crippen molar-refractivity contribution in [3.63, 3.8) is 0 Å². The number of rotatable bonds is 6. The van der Waals surface area contributed by atoms with E-state index in [-0.39, 0.29) is 35.4 Å². The minimum atomic E-state index is -0.118. The molecule has 1 heterocycles. The number of ether oxygens (including phenoxy) is 1. The SMILES string of the molecule is CC1(C)CC(NC(=O)COc2ccc(C(=O)c3ccccc3)cc2)CC(C)(C)[NH2+]1. The van der Waals surface area contributed by atoms with E-state index in [1.54, 1.807) is 36.4 Å². The second-order valence-corrected chi connectivity index (χ2v) is 9.30. The van der Waals surface area contributed by atoms with Crippen LogP contribution in [-0.4, -0.2) is 35.4 Å². The van der Waals surface area contributed by atoms with E-state index >= 15 is 0 Å². The van der Waals surface area contributed by atoms with Crippen LogP contribution >= 0.6 is 0 Å². The Bertz CT molecular complexity index is 841. The van der Waals surface area contributed by atoms with Crippen LogP contribution in [0.1, 0.15) is 56.5 Å². The highest BCUT2D eigenvalue weighted by atomic mass is 16.5. The molecule has 0 aliphatic carbocycles. The van der Waals surface area contributed by atoms with Gasteiger partial charge in [0, 0.05) is 30.0 Å². The smallest absolute Gasteiger partial charge is 0.258 e. The van der Waals surface area contributed by atoms with Gasteiger partial charge in [-0.15, -0.1) is 0 Å². The van der Waals surface area contributed by atoms with Crippen LogP contribution in [0.5, 0.6) is 5.75 Å². The quantitative estimate of drug-likeness (QED) is 0.739. The number of nitrogens with one attached hydrogen (secondary N) is 1. The maximum atomic E-state index is 12.4. The van der Waals surface area contributed by atoms with E-state index in [9.17, 15) is 9.59 Å². The molecule has 1 saturated heterocycles. The first-order valence-electron chi connectivity index (χ1n) is 10.1. The van der Waals surface area contributed by atoms with Gasteiger partial charge in [-0.3, -0.25) is 9.59 Å². The molecule has 2 aromatic carbocycles. The molecule has 0 aromatic heterocycles. The number of benzene rings is 2. The summed E-state index contributed by atoms with van der Waals surface area (Å²) in [4.78, 5) is 24.8. The number of hydrogen-bond donors (Lipinski definition) is 2. The van der Waals surface area contributed by atoms with Crippen molar-refractivity contribution in [2.45, 2.75) is 57.7 Å². The van der Waals surface area contributed by atoms with E-state index in [0.717, 1.165) is 12.8 Å². The van der Waals surface area contributed by atoms with Gasteiger partial charge in [-0.1, -0.05) is 30.3 Å². The van der Waals surface area contributed by atoms with Crippen molar-refractivity contribution in [1.82, 2.24) is 5.32 Å². The fourth-order valence-electron chi connectivity index (χ4n) is 4.50. The third-order valence-corrected chi connectivity index (χ3v) is 5.21. The maximum absolute atomic E-state index is 12.4. The minimum Gasteiger partial charge on any atom is -0.484 e. The maximum Gasteiger partial charge on any atom is 0.258 e. The summed E-state index contributed by atoms with van der Waals surface area (Å²) in [6.45, 7) is 8.81. The van der Waals surface area contributed by atoms with Gasteiger partial charge in [0.25, 0.3) is 5.91 Å². The van der Waals surface area contributed by atoms with Crippen molar-refractivity contribution in [3.8, 4) is 5.75 Å². The molecule has 0 saturated carbocycles. The molecule has 0 spiro atoms. The molecule has 3 rings (SSSR count). The number of carbonyl (C=O) groups is 2. The molecule has 0 bridgehead atoms. The van der Waals surface area contributed by atoms with Crippen LogP contribution in [0, 0.1) is 0 Å². The van der Waals surface area contributed by atoms with E-state index < -0.39 is 0 Å². The van der Waals surface area contributed by atoms with Crippen molar-refractivity contribution in [2.75, 3.05) is 6.61 Å². The van der Waals surface area contributed by atoms with Crippen LogP contribution in [-0.2, 0) is 4.79 Å². The molecule has 5 nitrogen and oxygen atoms in total. The van der Waals surface area contributed by atoms with Crippen LogP contribution in [0.2, 0.25) is 0 Å². The normalized spacial score (nSPS) is 18.1. The lowest BCUT2D eigenvalue weighted by Crippen LogP contribution is -3.06. The monoisotopic (exact) mass is 395 g/mol. The van der Waals surface area contributed by atoms with Gasteiger partial charge in [0.1, 0.15) is 5.75 Å². The van der Waals surface area contributed by atoms with E-state index in [1.807, 2.05) is 18.2 Å². The number of ketones is 1. The molecular weight excluding hydrogens is 364 g/mol. The van der Waals surface area contributed by atoms with Crippen molar-refractivity contribution in [1.29, 1.82) is 0 Å². The molecule has 1 aliphatic heterocycles. The Kier molecular flexibility index (Phi) is 6.08. The third-order valence-electron chi connectivity index (χ3n) is 5.21. The zero-order chi connectivity index (χ0) is 21.1. The molecule has 0 atom stereocenters. The first-order valence-corrected chi connectivity index (χ1v) is 10.1. The average molecular weight is 396 g/mol. The lowest BCUT2D eigenvalue weighted by atomic mass is 9.79. The van der Waals surface area contributed by atoms with Crippen molar-refractivity contribution >= 4 is 11.7 Å². The molecule has 29 heavy (non-hydrogen) atoms. The summed E-state index contributed by atoms with van der Waals surface area (Å²) < 4.78 is 5.62. The Balaban J connectivity index is 1.52. The van der Waals surface area contributed by atoms with Gasteiger partial charge in [0.05, 0.1) is 11.1 Å². The molecule has 1 fully saturated rings. The van der Waals surface area contributed by atoms with Crippen molar-refractivity contribution in [3.05, 3.63) is 65.7 Å². The molecule has 1 aliphatic rings. The molecule has 154 valence electrons. The summed E-state index contributed by atoms with van der Waals surface area (Å²) in [6, 6.07) is 16.2. The molecule has 2 aromatic rings. The van der Waals surface area contributed by atoms with Crippen molar-refractivity contribution < 1.29 is 19.6 Å². The lowest BCUT2D eigenvalue weighted by Gasteiger charge is -2.43. The standard InChI is InChI=1S/C24H30N2O3/c1-23(2)14-19(15-24(3,4)26-23)25-21(27)16-29-20-12-10-18(11-13-20)22(28)17-8-6-5-7-9-17/h5-13,19,26H,14-16H2,1-4H3,(H,25,27)/p+1. The predicted molar refractivity (Wildman–Crippen MR) is 113 cm³/mol. The van der Waals surface area contributed by atoms with Gasteiger partial charge in [-0.2, -0.15) is 0 Å². The molecule has 1 amide bonds. The van der Waals surface area contributed by atoms with Gasteiger partial charge in [-0.05, 0) is 52.0 Å². The van der Waals surface area contributed by atoms with Crippen LogP contribution in [0.15, 0.2) is 54.6 Å². The second kappa shape index (κ2) is 8.37. The first kappa shape index (κ1) is 21.1. The Morgan fingerprint density at radius 1 is 0.931 bits per heavy atom. The number of carbonyl (C=O) groups excluding carboxylic acids is 2. The number of piperidine rings is 1. The highest BCUT2D eigenvalue weighted by Crippen LogP contribution is 2.22. The highest BCUT2D eigenvalue weighted by molar-refractivity contribution is 6.08. The van der Waals surface area contributed by atoms with E-state index in [2.05, 4.69) is 38.3 Å². The fourth-order valence-corrected chi connectivity index (χ4v) is 4.50. The molecule has 3 N–H and O–H groups in total. The van der Waals surface area contributed by atoms with Gasteiger partial charge in [0.2, 0.25) is 0 Å². The summed E-state index contributed by atoms with van der Waals surface area (Å²) in [5.41, 5.74) is 1.44. The highest BCUT2D eigenvalue weighted by Gasteiger charge is 2.42. The Labute approximate surface area is 172 Å². The van der Waals surface area contributed by atoms with Gasteiger partial charge in [0.15, 0.2) is 12.4 Å². The Morgan fingerprint density at radius 3 is 2.07 bits per heavy atom. The summed E-state index contributed by atoms with van der Waals surface area (Å²) in [7, 11) is 0. The first-order chi connectivity index (χ1) is 13.6. The summed E-state index contributed by atoms with van der Waals surface area (Å²) in [6.07, 6.45) is 1.86. The van der Waals surface area contributed by atoms with E-state index in [1.165, 1.54) is 0 Å². The number of amides is 1. The Hall–Kier alpha value is -2.66. The largest absolute Gasteiger partial charge is 0.484 e. The van der Waals surface area contributed by atoms with Crippen molar-refractivity contribution in [2.24, 2.45) is 0 Å². The molecule has 0 unspecified atom stereocenters. The predicted octanol–water partition coefficient (Wildman–Crippen LogP) is 2.70. The van der Waals surface area contributed by atoms with E-state index in [0.29, 0.717) is 16.9 Å². The third kappa shape index (κ3) is 5.91. The van der Waals surface area contributed by atoms with E-state index in [4.69, 9.17) is 4.74 Å². The van der Waals surface area contributed by atoms with Crippen LogP contribution in [0.4, 0.5) is 0 Å². The summed E-state index contributed by atoms with van der Waals surface area (Å²) in [5, 5.41) is 5.50. The zero-order valence-electron chi connectivity index (χ0n) is 17.7. The summed E-state index contributed by atoms with van der Waals surface area (Å²) >= 11 is 0. The zero-order valence-corrected chi connectivity index (χ0v) is 17.7. The Morgan fingerprint density at radius 2 is 1.48 bits per heavy atom. The minimum absolute atomic E-state index is 0.0331. The number of nitrogens with two attached hydrogens (primary N) is 1. The molecule has 0 radical (unpaired) electrons. The number of quaternary nitrogens is 1. The van der Waals surface area contributed by atoms with Gasteiger partial charge < -0.3 is 15.4 Å². The fraction of sp³-hybridized carbons (Fsp3) is 0.417. The molecule has 5 heteroatoms. The summed E-state index contributed by atoms with van der Waals surface area (Å²) in [5.74, 6) is 0.421. The average Bonchev–Trinajstić information content (AvgIpc) is 2.64. The topological polar surface area (TPSA) is 72.0 Å². The van der Waals surface area contributed by atoms with Gasteiger partial charge >= 0.3 is 0 Å². The van der Waals surface area contributed by atoms with Gasteiger partial charge in [-0.25, -0.2) is 0 Å². The van der Waals surface area contributed by atoms with Crippen LogP contribution in [0.3, 0.4) is 0 Å². The van der Waals surface area contributed by atoms with Crippen LogP contribution in [0.25, 0.3) is 0 Å². The molecular formula is C24H31N2O3+. The lowest BCUT2D eigenvalue weighted by molar-refractivity contribution is -0.787. The second-order valence-electron chi connectivity index (χ2n) is 9.30. The number of hydrogen-bond acceptors (Lipinski definition) is 3.